The van der Waals surface area contributed by atoms with E-state index in [1.54, 1.807) is 4.57 Å². The molecule has 0 saturated heterocycles. The summed E-state index contributed by atoms with van der Waals surface area (Å²) in [6, 6.07) is 6.13. The second-order valence-corrected chi connectivity index (χ2v) is 6.66. The Bertz CT molecular complexity index is 858. The van der Waals surface area contributed by atoms with Crippen molar-refractivity contribution in [2.45, 2.75) is 31.3 Å². The van der Waals surface area contributed by atoms with Gasteiger partial charge in [0.25, 0.3) is 5.56 Å². The average molecular weight is 329 g/mol. The molecule has 23 heavy (non-hydrogen) atoms. The number of fused-ring (bicyclic) bond motifs is 1. The first-order valence-corrected chi connectivity index (χ1v) is 8.66. The van der Waals surface area contributed by atoms with Crippen LogP contribution in [0.2, 0.25) is 0 Å². The van der Waals surface area contributed by atoms with Gasteiger partial charge in [-0.3, -0.25) is 9.59 Å². The van der Waals surface area contributed by atoms with E-state index in [9.17, 15) is 9.59 Å². The summed E-state index contributed by atoms with van der Waals surface area (Å²) < 4.78 is 1.79. The third-order valence-electron chi connectivity index (χ3n) is 4.29. The van der Waals surface area contributed by atoms with Gasteiger partial charge in [0.2, 0.25) is 5.91 Å². The second kappa shape index (κ2) is 5.85. The van der Waals surface area contributed by atoms with Crippen molar-refractivity contribution in [3.63, 3.8) is 0 Å². The Hall–Kier alpha value is -2.08. The highest BCUT2D eigenvalue weighted by atomic mass is 32.2. The van der Waals surface area contributed by atoms with Crippen molar-refractivity contribution in [2.24, 2.45) is 7.05 Å². The molecule has 3 rings (SSSR count). The molecule has 6 heteroatoms. The number of benzene rings is 1. The molecule has 1 aromatic heterocycles. The minimum Gasteiger partial charge on any atom is -0.312 e. The fraction of sp³-hybridized carbons (Fsp3) is 0.353. The van der Waals surface area contributed by atoms with Crippen LogP contribution in [0.15, 0.2) is 28.2 Å². The van der Waals surface area contributed by atoms with Gasteiger partial charge in [-0.1, -0.05) is 35.5 Å². The number of aryl methyl sites for hydroxylation is 2. The highest BCUT2D eigenvalue weighted by molar-refractivity contribution is 7.98. The largest absolute Gasteiger partial charge is 0.312 e. The van der Waals surface area contributed by atoms with Gasteiger partial charge in [0.1, 0.15) is 5.82 Å². The molecule has 0 fully saturated rings. The number of thioether (sulfide) groups is 1. The van der Waals surface area contributed by atoms with E-state index in [1.165, 1.54) is 11.8 Å². The summed E-state index contributed by atoms with van der Waals surface area (Å²) in [4.78, 5) is 29.0. The lowest BCUT2D eigenvalue weighted by Gasteiger charge is -2.28. The van der Waals surface area contributed by atoms with Crippen molar-refractivity contribution in [1.29, 1.82) is 0 Å². The third-order valence-corrected chi connectivity index (χ3v) is 5.02. The van der Waals surface area contributed by atoms with Crippen molar-refractivity contribution < 1.29 is 4.79 Å². The maximum atomic E-state index is 12.6. The molecule has 1 N–H and O–H groups in total. The minimum atomic E-state index is -0.256. The Morgan fingerprint density at radius 1 is 1.30 bits per heavy atom. The number of rotatable bonds is 2. The topological polar surface area (TPSA) is 64.0 Å². The van der Waals surface area contributed by atoms with Gasteiger partial charge in [-0.05, 0) is 31.2 Å². The summed E-state index contributed by atoms with van der Waals surface area (Å²) in [5.74, 6) is 0.244. The molecule has 2 aromatic rings. The molecule has 1 aliphatic heterocycles. The zero-order chi connectivity index (χ0) is 16.7. The third kappa shape index (κ3) is 2.67. The van der Waals surface area contributed by atoms with E-state index < -0.39 is 0 Å². The number of nitrogens with one attached hydrogen (secondary N) is 1. The predicted molar refractivity (Wildman–Crippen MR) is 92.3 cm³/mol. The SMILES string of the molecule is CSc1nc(=O)c2c(n1C)NC(=O)CC2c1cc(C)ccc1C. The highest BCUT2D eigenvalue weighted by Gasteiger charge is 2.32. The number of nitrogens with zero attached hydrogens (tertiary/aromatic N) is 2. The molecule has 1 aliphatic rings. The van der Waals surface area contributed by atoms with Gasteiger partial charge in [0.05, 0.1) is 5.56 Å². The average Bonchev–Trinajstić information content (AvgIpc) is 2.52. The Morgan fingerprint density at radius 3 is 2.74 bits per heavy atom. The highest BCUT2D eigenvalue weighted by Crippen LogP contribution is 2.37. The van der Waals surface area contributed by atoms with E-state index in [4.69, 9.17) is 0 Å². The minimum absolute atomic E-state index is 0.0725. The van der Waals surface area contributed by atoms with Crippen LogP contribution < -0.4 is 10.9 Å². The van der Waals surface area contributed by atoms with Crippen LogP contribution in [0.25, 0.3) is 0 Å². The standard InChI is InChI=1S/C17H19N3O2S/c1-9-5-6-10(2)11(7-9)12-8-13(21)18-15-14(12)16(22)19-17(23-4)20(15)3/h5-7,12H,8H2,1-4H3,(H,18,21). The summed E-state index contributed by atoms with van der Waals surface area (Å²) >= 11 is 1.39. The predicted octanol–water partition coefficient (Wildman–Crippen LogP) is 2.59. The summed E-state index contributed by atoms with van der Waals surface area (Å²) in [6.45, 7) is 4.02. The van der Waals surface area contributed by atoms with Gasteiger partial charge >= 0.3 is 0 Å². The zero-order valence-electron chi connectivity index (χ0n) is 13.6. The van der Waals surface area contributed by atoms with Crippen molar-refractivity contribution in [1.82, 2.24) is 9.55 Å². The lowest BCUT2D eigenvalue weighted by atomic mass is 9.84. The van der Waals surface area contributed by atoms with Crippen LogP contribution in [-0.4, -0.2) is 21.7 Å². The van der Waals surface area contributed by atoms with Crippen LogP contribution in [0.3, 0.4) is 0 Å². The molecule has 0 bridgehead atoms. The van der Waals surface area contributed by atoms with E-state index >= 15 is 0 Å². The van der Waals surface area contributed by atoms with Crippen LogP contribution >= 0.6 is 11.8 Å². The summed E-state index contributed by atoms with van der Waals surface area (Å²) in [5.41, 5.74) is 3.55. The quantitative estimate of drug-likeness (QED) is 0.679. The lowest BCUT2D eigenvalue weighted by molar-refractivity contribution is -0.116. The first-order chi connectivity index (χ1) is 10.9. The summed E-state index contributed by atoms with van der Waals surface area (Å²) in [7, 11) is 1.82. The Morgan fingerprint density at radius 2 is 2.04 bits per heavy atom. The number of anilines is 1. The fourth-order valence-corrected chi connectivity index (χ4v) is 3.66. The molecule has 0 radical (unpaired) electrons. The number of hydrogen-bond donors (Lipinski definition) is 1. The second-order valence-electron chi connectivity index (χ2n) is 5.89. The van der Waals surface area contributed by atoms with Crippen molar-refractivity contribution in [2.75, 3.05) is 11.6 Å². The lowest BCUT2D eigenvalue weighted by Crippen LogP contribution is -2.33. The molecule has 5 nitrogen and oxygen atoms in total. The van der Waals surface area contributed by atoms with Crippen LogP contribution in [0.1, 0.15) is 34.6 Å². The summed E-state index contributed by atoms with van der Waals surface area (Å²) in [6.07, 6.45) is 2.13. The molecule has 0 aliphatic carbocycles. The Kier molecular flexibility index (Phi) is 4.02. The van der Waals surface area contributed by atoms with Crippen LogP contribution in [-0.2, 0) is 11.8 Å². The van der Waals surface area contributed by atoms with E-state index in [-0.39, 0.29) is 23.8 Å². The van der Waals surface area contributed by atoms with Gasteiger partial charge in [-0.25, -0.2) is 0 Å². The fourth-order valence-electron chi connectivity index (χ4n) is 3.12. The molecule has 1 aromatic carbocycles. The molecule has 1 atom stereocenters. The first kappa shape index (κ1) is 15.8. The smallest absolute Gasteiger partial charge is 0.279 e. The normalized spacial score (nSPS) is 16.9. The summed E-state index contributed by atoms with van der Waals surface area (Å²) in [5, 5.41) is 3.44. The number of hydrogen-bond acceptors (Lipinski definition) is 4. The van der Waals surface area contributed by atoms with Gasteiger partial charge in [0, 0.05) is 19.4 Å². The number of amides is 1. The van der Waals surface area contributed by atoms with E-state index in [2.05, 4.69) is 16.4 Å². The van der Waals surface area contributed by atoms with Gasteiger partial charge in [-0.2, -0.15) is 4.98 Å². The molecule has 120 valence electrons. The van der Waals surface area contributed by atoms with E-state index in [0.29, 0.717) is 16.5 Å². The first-order valence-electron chi connectivity index (χ1n) is 7.44. The van der Waals surface area contributed by atoms with Crippen molar-refractivity contribution in [3.8, 4) is 0 Å². The number of carbonyl (C=O) groups is 1. The van der Waals surface area contributed by atoms with Crippen LogP contribution in [0.4, 0.5) is 5.82 Å². The number of carbonyl (C=O) groups excluding carboxylic acids is 1. The van der Waals surface area contributed by atoms with Crippen LogP contribution in [0.5, 0.6) is 0 Å². The molecular formula is C17H19N3O2S. The van der Waals surface area contributed by atoms with E-state index in [1.807, 2.05) is 39.3 Å². The van der Waals surface area contributed by atoms with Crippen molar-refractivity contribution >= 4 is 23.5 Å². The zero-order valence-corrected chi connectivity index (χ0v) is 14.5. The maximum Gasteiger partial charge on any atom is 0.279 e. The maximum absolute atomic E-state index is 12.6. The van der Waals surface area contributed by atoms with Crippen LogP contribution in [0, 0.1) is 13.8 Å². The molecule has 2 heterocycles. The van der Waals surface area contributed by atoms with Gasteiger partial charge < -0.3 is 9.88 Å². The van der Waals surface area contributed by atoms with Crippen molar-refractivity contribution in [3.05, 3.63) is 50.8 Å². The molecule has 1 unspecified atom stereocenters. The van der Waals surface area contributed by atoms with Gasteiger partial charge in [-0.15, -0.1) is 0 Å². The molecular weight excluding hydrogens is 310 g/mol. The molecule has 0 saturated carbocycles. The van der Waals surface area contributed by atoms with E-state index in [0.717, 1.165) is 16.7 Å². The number of aromatic nitrogens is 2. The molecule has 1 amide bonds. The Balaban J connectivity index is 2.28. The molecule has 0 spiro atoms. The monoisotopic (exact) mass is 329 g/mol. The Labute approximate surface area is 139 Å². The van der Waals surface area contributed by atoms with Gasteiger partial charge in [0.15, 0.2) is 5.16 Å².